The zero-order valence-electron chi connectivity index (χ0n) is 11.6. The van der Waals surface area contributed by atoms with Gasteiger partial charge in [0.05, 0.1) is 5.25 Å². The summed E-state index contributed by atoms with van der Waals surface area (Å²) in [5, 5.41) is 2.91. The first-order valence-corrected chi connectivity index (χ1v) is 8.71. The Morgan fingerprint density at radius 2 is 2.00 bits per heavy atom. The molecular formula is C13H25NO3S. The lowest BCUT2D eigenvalue weighted by atomic mass is 9.85. The average Bonchev–Trinajstić information content (AvgIpc) is 2.27. The van der Waals surface area contributed by atoms with E-state index in [1.54, 1.807) is 0 Å². The molecule has 0 aromatic rings. The molecule has 18 heavy (non-hydrogen) atoms. The molecule has 1 aliphatic rings. The first-order valence-electron chi connectivity index (χ1n) is 6.75. The van der Waals surface area contributed by atoms with Crippen LogP contribution in [0.3, 0.4) is 0 Å². The number of hydrogen-bond donors (Lipinski definition) is 1. The summed E-state index contributed by atoms with van der Waals surface area (Å²) in [5.41, 5.74) is 0. The van der Waals surface area contributed by atoms with Gasteiger partial charge in [-0.05, 0) is 19.3 Å². The summed E-state index contributed by atoms with van der Waals surface area (Å²) in [5.74, 6) is 0.170. The third-order valence-electron chi connectivity index (χ3n) is 3.61. The van der Waals surface area contributed by atoms with Gasteiger partial charge in [0.2, 0.25) is 0 Å². The average molecular weight is 275 g/mol. The summed E-state index contributed by atoms with van der Waals surface area (Å²) >= 11 is 0. The monoisotopic (exact) mass is 275 g/mol. The highest BCUT2D eigenvalue weighted by atomic mass is 32.2. The Morgan fingerprint density at radius 1 is 1.33 bits per heavy atom. The van der Waals surface area contributed by atoms with E-state index in [-0.39, 0.29) is 17.0 Å². The molecule has 0 bridgehead atoms. The minimum atomic E-state index is -2.99. The highest BCUT2D eigenvalue weighted by Gasteiger charge is 2.31. The van der Waals surface area contributed by atoms with E-state index in [2.05, 4.69) is 5.32 Å². The van der Waals surface area contributed by atoms with Gasteiger partial charge < -0.3 is 5.32 Å². The maximum atomic E-state index is 12.0. The maximum absolute atomic E-state index is 12.0. The second-order valence-electron chi connectivity index (χ2n) is 5.64. The van der Waals surface area contributed by atoms with Crippen LogP contribution in [-0.2, 0) is 14.6 Å². The largest absolute Gasteiger partial charge is 0.314 e. The Balaban J connectivity index is 2.44. The van der Waals surface area contributed by atoms with Gasteiger partial charge in [0.15, 0.2) is 0 Å². The van der Waals surface area contributed by atoms with Gasteiger partial charge in [-0.15, -0.1) is 0 Å². The topological polar surface area (TPSA) is 63.2 Å². The van der Waals surface area contributed by atoms with Crippen LogP contribution >= 0.6 is 0 Å². The summed E-state index contributed by atoms with van der Waals surface area (Å²) in [4.78, 5) is 12.0. The van der Waals surface area contributed by atoms with E-state index in [9.17, 15) is 13.2 Å². The molecule has 5 heteroatoms. The van der Waals surface area contributed by atoms with Crippen LogP contribution in [0.1, 0.15) is 46.0 Å². The standard InChI is InChI=1S/C13H25NO3S/c1-10(2)14-8-7-13(15)11-5-4-6-12(9-11)18(3,16)17/h10-12,14H,4-9H2,1-3H3. The Bertz CT molecular complexity index is 376. The Morgan fingerprint density at radius 3 is 2.56 bits per heavy atom. The van der Waals surface area contributed by atoms with Crippen LogP contribution in [0.2, 0.25) is 0 Å². The zero-order valence-corrected chi connectivity index (χ0v) is 12.4. The van der Waals surface area contributed by atoms with Crippen LogP contribution in [0.5, 0.6) is 0 Å². The lowest BCUT2D eigenvalue weighted by Crippen LogP contribution is -2.33. The van der Waals surface area contributed by atoms with Crippen molar-refractivity contribution in [3.8, 4) is 0 Å². The summed E-state index contributed by atoms with van der Waals surface area (Å²) in [7, 11) is -2.99. The summed E-state index contributed by atoms with van der Waals surface area (Å²) in [6, 6.07) is 0.382. The second-order valence-corrected chi connectivity index (χ2v) is 7.97. The van der Waals surface area contributed by atoms with Crippen molar-refractivity contribution in [2.24, 2.45) is 5.92 Å². The van der Waals surface area contributed by atoms with Gasteiger partial charge in [-0.3, -0.25) is 4.79 Å². The van der Waals surface area contributed by atoms with E-state index in [1.165, 1.54) is 6.26 Å². The molecule has 1 aliphatic carbocycles. The van der Waals surface area contributed by atoms with Crippen molar-refractivity contribution >= 4 is 15.6 Å². The van der Waals surface area contributed by atoms with Gasteiger partial charge in [0, 0.05) is 31.2 Å². The predicted octanol–water partition coefficient (Wildman–Crippen LogP) is 1.55. The summed E-state index contributed by atoms with van der Waals surface area (Å²) < 4.78 is 23.1. The fourth-order valence-corrected chi connectivity index (χ4v) is 3.69. The molecule has 0 aliphatic heterocycles. The maximum Gasteiger partial charge on any atom is 0.150 e. The normalized spacial score (nSPS) is 25.3. The van der Waals surface area contributed by atoms with Gasteiger partial charge in [-0.1, -0.05) is 20.3 Å². The zero-order chi connectivity index (χ0) is 13.8. The smallest absolute Gasteiger partial charge is 0.150 e. The van der Waals surface area contributed by atoms with Crippen LogP contribution in [0.25, 0.3) is 0 Å². The second kappa shape index (κ2) is 6.66. The highest BCUT2D eigenvalue weighted by molar-refractivity contribution is 7.91. The minimum Gasteiger partial charge on any atom is -0.314 e. The van der Waals surface area contributed by atoms with Crippen molar-refractivity contribution in [2.45, 2.75) is 57.2 Å². The molecule has 0 radical (unpaired) electrons. The molecule has 1 N–H and O–H groups in total. The fourth-order valence-electron chi connectivity index (χ4n) is 2.51. The summed E-state index contributed by atoms with van der Waals surface area (Å²) in [6.45, 7) is 4.78. The molecule has 2 atom stereocenters. The number of ketones is 1. The number of carbonyl (C=O) groups excluding carboxylic acids is 1. The third kappa shape index (κ3) is 5.06. The van der Waals surface area contributed by atoms with E-state index in [1.807, 2.05) is 13.8 Å². The number of Topliss-reactive ketones (excluding diaryl/α,β-unsaturated/α-hetero) is 1. The van der Waals surface area contributed by atoms with Crippen LogP contribution in [0.15, 0.2) is 0 Å². The third-order valence-corrected chi connectivity index (χ3v) is 5.25. The Hall–Kier alpha value is -0.420. The molecule has 1 rings (SSSR count). The van der Waals surface area contributed by atoms with E-state index >= 15 is 0 Å². The molecule has 0 aromatic carbocycles. The number of hydrogen-bond acceptors (Lipinski definition) is 4. The molecule has 106 valence electrons. The fraction of sp³-hybridized carbons (Fsp3) is 0.923. The van der Waals surface area contributed by atoms with Crippen molar-refractivity contribution in [3.63, 3.8) is 0 Å². The molecule has 0 amide bonds. The van der Waals surface area contributed by atoms with Crippen molar-refractivity contribution in [1.82, 2.24) is 5.32 Å². The molecule has 0 spiro atoms. The van der Waals surface area contributed by atoms with Gasteiger partial charge in [-0.25, -0.2) is 8.42 Å². The van der Waals surface area contributed by atoms with Crippen LogP contribution < -0.4 is 5.32 Å². The lowest BCUT2D eigenvalue weighted by molar-refractivity contribution is -0.123. The SMILES string of the molecule is CC(C)NCCC(=O)C1CCCC(S(C)(=O)=O)C1. The van der Waals surface area contributed by atoms with E-state index in [0.29, 0.717) is 31.8 Å². The quantitative estimate of drug-likeness (QED) is 0.799. The molecule has 0 heterocycles. The first kappa shape index (κ1) is 15.6. The molecule has 1 fully saturated rings. The molecular weight excluding hydrogens is 250 g/mol. The number of sulfone groups is 1. The van der Waals surface area contributed by atoms with Crippen molar-refractivity contribution in [3.05, 3.63) is 0 Å². The first-order chi connectivity index (χ1) is 8.30. The molecule has 0 aromatic heterocycles. The van der Waals surface area contributed by atoms with Gasteiger partial charge in [0.1, 0.15) is 15.6 Å². The molecule has 2 unspecified atom stereocenters. The van der Waals surface area contributed by atoms with E-state index in [4.69, 9.17) is 0 Å². The molecule has 4 nitrogen and oxygen atoms in total. The van der Waals surface area contributed by atoms with Crippen molar-refractivity contribution in [1.29, 1.82) is 0 Å². The predicted molar refractivity (Wildman–Crippen MR) is 73.4 cm³/mol. The minimum absolute atomic E-state index is 0.0487. The van der Waals surface area contributed by atoms with Crippen molar-refractivity contribution in [2.75, 3.05) is 12.8 Å². The highest BCUT2D eigenvalue weighted by Crippen LogP contribution is 2.29. The molecule has 1 saturated carbocycles. The lowest BCUT2D eigenvalue weighted by Gasteiger charge is -2.27. The van der Waals surface area contributed by atoms with Crippen LogP contribution in [0, 0.1) is 5.92 Å². The Kier molecular flexibility index (Phi) is 5.79. The Labute approximate surface area is 110 Å². The summed E-state index contributed by atoms with van der Waals surface area (Å²) in [6.07, 6.45) is 4.74. The van der Waals surface area contributed by atoms with E-state index < -0.39 is 9.84 Å². The van der Waals surface area contributed by atoms with Gasteiger partial charge >= 0.3 is 0 Å². The van der Waals surface area contributed by atoms with Crippen LogP contribution in [-0.4, -0.2) is 38.3 Å². The number of nitrogens with one attached hydrogen (secondary N) is 1. The van der Waals surface area contributed by atoms with Crippen LogP contribution in [0.4, 0.5) is 0 Å². The van der Waals surface area contributed by atoms with Gasteiger partial charge in [0.25, 0.3) is 0 Å². The molecule has 0 saturated heterocycles. The van der Waals surface area contributed by atoms with Gasteiger partial charge in [-0.2, -0.15) is 0 Å². The number of carbonyl (C=O) groups is 1. The number of rotatable bonds is 6. The van der Waals surface area contributed by atoms with Crippen molar-refractivity contribution < 1.29 is 13.2 Å². The van der Waals surface area contributed by atoms with E-state index in [0.717, 1.165) is 12.8 Å².